The SMILES string of the molecule is CCOC(=O)CC[C@@H](NC[C@@H](NC(=O)CNC(=O)/C=C/c1ccc(OC2CCCCO2)c(OC)c1)C(C)C)C(=O)O. The Morgan fingerprint density at radius 1 is 1.17 bits per heavy atom. The van der Waals surface area contributed by atoms with Crippen LogP contribution in [0.2, 0.25) is 0 Å². The molecule has 1 heterocycles. The van der Waals surface area contributed by atoms with Crippen molar-refractivity contribution >= 4 is 29.8 Å². The predicted octanol–water partition coefficient (Wildman–Crippen LogP) is 2.26. The molecule has 1 saturated heterocycles. The van der Waals surface area contributed by atoms with E-state index in [1.165, 1.54) is 13.2 Å². The van der Waals surface area contributed by atoms with E-state index in [4.69, 9.17) is 18.9 Å². The van der Waals surface area contributed by atoms with Crippen molar-refractivity contribution in [2.24, 2.45) is 5.92 Å². The monoisotopic (exact) mass is 577 g/mol. The summed E-state index contributed by atoms with van der Waals surface area (Å²) in [6.45, 7) is 6.26. The molecule has 0 aromatic heterocycles. The molecular weight excluding hydrogens is 534 g/mol. The molecule has 2 amide bonds. The number of amides is 2. The van der Waals surface area contributed by atoms with E-state index < -0.39 is 35.8 Å². The van der Waals surface area contributed by atoms with E-state index >= 15 is 0 Å². The molecular formula is C29H43N3O9. The maximum Gasteiger partial charge on any atom is 0.320 e. The molecule has 1 aliphatic rings. The summed E-state index contributed by atoms with van der Waals surface area (Å²) < 4.78 is 21.8. The van der Waals surface area contributed by atoms with Gasteiger partial charge in [0.15, 0.2) is 17.8 Å². The van der Waals surface area contributed by atoms with Gasteiger partial charge >= 0.3 is 11.9 Å². The molecule has 0 radical (unpaired) electrons. The van der Waals surface area contributed by atoms with Crippen LogP contribution in [0.25, 0.3) is 6.08 Å². The van der Waals surface area contributed by atoms with Gasteiger partial charge in [-0.3, -0.25) is 19.2 Å². The van der Waals surface area contributed by atoms with Crippen molar-refractivity contribution in [3.63, 3.8) is 0 Å². The van der Waals surface area contributed by atoms with Gasteiger partial charge in [0.05, 0.1) is 26.9 Å². The molecule has 1 aromatic rings. The van der Waals surface area contributed by atoms with Crippen molar-refractivity contribution in [3.05, 3.63) is 29.8 Å². The smallest absolute Gasteiger partial charge is 0.320 e. The molecule has 12 nitrogen and oxygen atoms in total. The lowest BCUT2D eigenvalue weighted by Crippen LogP contribution is -2.51. The van der Waals surface area contributed by atoms with Crippen molar-refractivity contribution < 1.29 is 43.2 Å². The fourth-order valence-corrected chi connectivity index (χ4v) is 4.02. The highest BCUT2D eigenvalue weighted by Gasteiger charge is 2.23. The highest BCUT2D eigenvalue weighted by Crippen LogP contribution is 2.31. The number of hydrogen-bond donors (Lipinski definition) is 4. The molecule has 0 spiro atoms. The Balaban J connectivity index is 1.83. The average Bonchev–Trinajstić information content (AvgIpc) is 2.95. The first-order valence-electron chi connectivity index (χ1n) is 14.0. The summed E-state index contributed by atoms with van der Waals surface area (Å²) in [4.78, 5) is 48.0. The molecule has 12 heteroatoms. The average molecular weight is 578 g/mol. The molecule has 228 valence electrons. The molecule has 0 bridgehead atoms. The molecule has 41 heavy (non-hydrogen) atoms. The van der Waals surface area contributed by atoms with E-state index in [2.05, 4.69) is 16.0 Å². The lowest BCUT2D eigenvalue weighted by molar-refractivity contribution is -0.144. The number of hydrogen-bond acceptors (Lipinski definition) is 9. The maximum atomic E-state index is 12.5. The van der Waals surface area contributed by atoms with Crippen LogP contribution in [0.5, 0.6) is 11.5 Å². The first kappa shape index (κ1) is 33.6. The molecule has 1 fully saturated rings. The maximum absolute atomic E-state index is 12.5. The summed E-state index contributed by atoms with van der Waals surface area (Å²) in [5.74, 6) is -1.39. The fourth-order valence-electron chi connectivity index (χ4n) is 4.02. The number of carbonyl (C=O) groups is 4. The summed E-state index contributed by atoms with van der Waals surface area (Å²) in [7, 11) is 1.54. The van der Waals surface area contributed by atoms with Crippen LogP contribution in [-0.2, 0) is 28.7 Å². The number of ether oxygens (including phenoxy) is 4. The molecule has 1 unspecified atom stereocenters. The Hall–Kier alpha value is -3.64. The van der Waals surface area contributed by atoms with E-state index in [9.17, 15) is 24.3 Å². The van der Waals surface area contributed by atoms with Gasteiger partial charge in [0, 0.05) is 31.5 Å². The van der Waals surface area contributed by atoms with Crippen LogP contribution in [0.3, 0.4) is 0 Å². The van der Waals surface area contributed by atoms with Crippen molar-refractivity contribution in [3.8, 4) is 11.5 Å². The lowest BCUT2D eigenvalue weighted by atomic mass is 10.0. The number of aliphatic carboxylic acids is 1. The number of rotatable bonds is 17. The molecule has 3 atom stereocenters. The van der Waals surface area contributed by atoms with Crippen LogP contribution in [0.4, 0.5) is 0 Å². The Kier molecular flexibility index (Phi) is 14.7. The van der Waals surface area contributed by atoms with Crippen LogP contribution in [0.1, 0.15) is 58.4 Å². The number of benzene rings is 1. The zero-order chi connectivity index (χ0) is 30.2. The molecule has 1 aliphatic heterocycles. The van der Waals surface area contributed by atoms with Crippen LogP contribution in [0, 0.1) is 5.92 Å². The minimum absolute atomic E-state index is 0.0202. The van der Waals surface area contributed by atoms with E-state index in [-0.39, 0.29) is 44.7 Å². The quantitative estimate of drug-likeness (QED) is 0.160. The van der Waals surface area contributed by atoms with Gasteiger partial charge in [-0.25, -0.2) is 0 Å². The summed E-state index contributed by atoms with van der Waals surface area (Å²) >= 11 is 0. The Labute approximate surface area is 241 Å². The van der Waals surface area contributed by atoms with Crippen LogP contribution in [0.15, 0.2) is 24.3 Å². The first-order chi connectivity index (χ1) is 19.6. The van der Waals surface area contributed by atoms with Gasteiger partial charge in [0.25, 0.3) is 0 Å². The topological polar surface area (TPSA) is 162 Å². The van der Waals surface area contributed by atoms with Gasteiger partial charge in [-0.1, -0.05) is 19.9 Å². The van der Waals surface area contributed by atoms with E-state index in [1.807, 2.05) is 13.8 Å². The highest BCUT2D eigenvalue weighted by atomic mass is 16.7. The molecule has 4 N–H and O–H groups in total. The first-order valence-corrected chi connectivity index (χ1v) is 14.0. The standard InChI is InChI=1S/C29H43N3O9/c1-5-39-27(35)14-11-21(29(36)37)30-17-22(19(2)3)32-26(34)18-31-25(33)13-10-20-9-12-23(24(16-20)38-4)41-28-8-6-7-15-40-28/h9-10,12-13,16,19,21-22,28,30H,5-8,11,14-15,17-18H2,1-4H3,(H,31,33)(H,32,34)(H,36,37)/b13-10+/t21-,22-,28?/m1/s1. The third-order valence-electron chi connectivity index (χ3n) is 6.41. The van der Waals surface area contributed by atoms with Crippen molar-refractivity contribution in [2.45, 2.75) is 71.2 Å². The van der Waals surface area contributed by atoms with Crippen LogP contribution >= 0.6 is 0 Å². The largest absolute Gasteiger partial charge is 0.493 e. The molecule has 1 aromatic carbocycles. The minimum atomic E-state index is -1.10. The zero-order valence-electron chi connectivity index (χ0n) is 24.3. The number of carboxylic acids is 1. The van der Waals surface area contributed by atoms with Crippen molar-refractivity contribution in [1.29, 1.82) is 0 Å². The third-order valence-corrected chi connectivity index (χ3v) is 6.41. The minimum Gasteiger partial charge on any atom is -0.493 e. The molecule has 0 aliphatic carbocycles. The predicted molar refractivity (Wildman–Crippen MR) is 151 cm³/mol. The molecule has 0 saturated carbocycles. The van der Waals surface area contributed by atoms with E-state index in [0.717, 1.165) is 19.3 Å². The van der Waals surface area contributed by atoms with E-state index in [1.54, 1.807) is 31.2 Å². The number of carbonyl (C=O) groups excluding carboxylic acids is 3. The second kappa shape index (κ2) is 17.9. The Bertz CT molecular complexity index is 1040. The van der Waals surface area contributed by atoms with Crippen molar-refractivity contribution in [2.75, 3.05) is 33.4 Å². The number of methoxy groups -OCH3 is 1. The van der Waals surface area contributed by atoms with Gasteiger partial charge < -0.3 is 40.0 Å². The van der Waals surface area contributed by atoms with Gasteiger partial charge in [-0.15, -0.1) is 0 Å². The fraction of sp³-hybridized carbons (Fsp3) is 0.586. The normalized spacial score (nSPS) is 16.6. The lowest BCUT2D eigenvalue weighted by Gasteiger charge is -2.25. The van der Waals surface area contributed by atoms with Crippen LogP contribution in [-0.4, -0.2) is 80.6 Å². The summed E-state index contributed by atoms with van der Waals surface area (Å²) in [6.07, 6.45) is 5.51. The number of nitrogens with one attached hydrogen (secondary N) is 3. The third kappa shape index (κ3) is 12.6. The van der Waals surface area contributed by atoms with E-state index in [0.29, 0.717) is 23.7 Å². The zero-order valence-corrected chi connectivity index (χ0v) is 24.3. The van der Waals surface area contributed by atoms with Gasteiger partial charge in [0.2, 0.25) is 11.8 Å². The summed E-state index contributed by atoms with van der Waals surface area (Å²) in [5.41, 5.74) is 0.709. The van der Waals surface area contributed by atoms with Crippen molar-refractivity contribution in [1.82, 2.24) is 16.0 Å². The van der Waals surface area contributed by atoms with Gasteiger partial charge in [-0.2, -0.15) is 0 Å². The van der Waals surface area contributed by atoms with Gasteiger partial charge in [0.1, 0.15) is 6.04 Å². The highest BCUT2D eigenvalue weighted by molar-refractivity contribution is 5.94. The van der Waals surface area contributed by atoms with Gasteiger partial charge in [-0.05, 0) is 55.9 Å². The molecule has 2 rings (SSSR count). The Morgan fingerprint density at radius 2 is 1.95 bits per heavy atom. The van der Waals surface area contributed by atoms with Crippen LogP contribution < -0.4 is 25.4 Å². The Morgan fingerprint density at radius 3 is 2.59 bits per heavy atom. The second-order valence-corrected chi connectivity index (χ2v) is 9.94. The summed E-state index contributed by atoms with van der Waals surface area (Å²) in [6, 6.07) is 3.92. The number of carboxylic acid groups (broad SMARTS) is 1. The second-order valence-electron chi connectivity index (χ2n) is 9.94. The summed E-state index contributed by atoms with van der Waals surface area (Å²) in [5, 5.41) is 17.7. The number of esters is 1.